The van der Waals surface area contributed by atoms with Crippen molar-refractivity contribution in [3.8, 4) is 0 Å². The number of aromatic nitrogens is 1. The Balaban J connectivity index is 2.59. The molecule has 3 N–H and O–H groups in total. The number of aliphatic hydroxyl groups excluding tert-OH is 1. The highest BCUT2D eigenvalue weighted by atomic mass is 79.9. The molecule has 0 bridgehead atoms. The summed E-state index contributed by atoms with van der Waals surface area (Å²) in [6.45, 7) is -0.727. The molecule has 23 heavy (non-hydrogen) atoms. The van der Waals surface area contributed by atoms with Gasteiger partial charge in [0, 0.05) is 17.2 Å². The number of nitrogens with zero attached hydrogens (tertiary/aromatic N) is 1. The molecule has 1 aromatic carbocycles. The van der Waals surface area contributed by atoms with Gasteiger partial charge < -0.3 is 20.1 Å². The van der Waals surface area contributed by atoms with Gasteiger partial charge in [-0.05, 0) is 18.2 Å². The summed E-state index contributed by atoms with van der Waals surface area (Å²) in [5.74, 6) is -3.63. The van der Waals surface area contributed by atoms with E-state index in [1.165, 1.54) is 12.1 Å². The number of carboxylic acids is 1. The molecule has 2 rings (SSSR count). The first-order valence-electron chi connectivity index (χ1n) is 6.34. The lowest BCUT2D eigenvalue weighted by Crippen LogP contribution is -2.27. The molecule has 9 heteroatoms. The van der Waals surface area contributed by atoms with Crippen LogP contribution in [0.3, 0.4) is 0 Å². The van der Waals surface area contributed by atoms with Crippen LogP contribution in [0.1, 0.15) is 10.4 Å². The van der Waals surface area contributed by atoms with Crippen molar-refractivity contribution in [1.82, 2.24) is 4.57 Å². The lowest BCUT2D eigenvalue weighted by atomic mass is 10.2. The maximum absolute atomic E-state index is 14.2. The fourth-order valence-corrected chi connectivity index (χ4v) is 2.25. The zero-order valence-electron chi connectivity index (χ0n) is 11.5. The maximum atomic E-state index is 14.2. The van der Waals surface area contributed by atoms with Gasteiger partial charge >= 0.3 is 5.97 Å². The zero-order valence-corrected chi connectivity index (χ0v) is 13.1. The Labute approximate surface area is 137 Å². The van der Waals surface area contributed by atoms with E-state index < -0.39 is 41.0 Å². The molecule has 0 aliphatic rings. The first-order chi connectivity index (χ1) is 10.8. The minimum Gasteiger partial charge on any atom is -0.478 e. The normalized spacial score (nSPS) is 10.6. The molecule has 1 aromatic heterocycles. The quantitative estimate of drug-likeness (QED) is 0.730. The predicted molar refractivity (Wildman–Crippen MR) is 82.1 cm³/mol. The van der Waals surface area contributed by atoms with Gasteiger partial charge in [0.1, 0.15) is 11.4 Å². The van der Waals surface area contributed by atoms with Gasteiger partial charge in [0.15, 0.2) is 0 Å². The number of halogens is 3. The molecule has 0 saturated heterocycles. The molecule has 0 spiro atoms. The second kappa shape index (κ2) is 6.88. The van der Waals surface area contributed by atoms with Crippen LogP contribution in [-0.4, -0.2) is 27.4 Å². The van der Waals surface area contributed by atoms with Crippen molar-refractivity contribution in [1.29, 1.82) is 0 Å². The highest BCUT2D eigenvalue weighted by Gasteiger charge is 2.21. The average molecular weight is 389 g/mol. The third-order valence-electron chi connectivity index (χ3n) is 2.98. The van der Waals surface area contributed by atoms with Gasteiger partial charge in [0.2, 0.25) is 5.82 Å². The summed E-state index contributed by atoms with van der Waals surface area (Å²) in [6, 6.07) is 3.84. The SMILES string of the molecule is O=C(O)c1cn(CCO)c(=O)c(F)c1Nc1ccc(Br)cc1F. The van der Waals surface area contributed by atoms with Crippen LogP contribution in [0, 0.1) is 11.6 Å². The maximum Gasteiger partial charge on any atom is 0.339 e. The number of benzene rings is 1. The molecule has 2 aromatic rings. The van der Waals surface area contributed by atoms with E-state index in [0.29, 0.717) is 4.47 Å². The Kier molecular flexibility index (Phi) is 5.12. The van der Waals surface area contributed by atoms with Crippen LogP contribution in [-0.2, 0) is 6.54 Å². The molecule has 6 nitrogen and oxygen atoms in total. The summed E-state index contributed by atoms with van der Waals surface area (Å²) in [6.07, 6.45) is 0.892. The molecule has 1 heterocycles. The number of carbonyl (C=O) groups is 1. The lowest BCUT2D eigenvalue weighted by Gasteiger charge is -2.14. The zero-order chi connectivity index (χ0) is 17.1. The topological polar surface area (TPSA) is 91.6 Å². The van der Waals surface area contributed by atoms with E-state index in [-0.39, 0.29) is 12.2 Å². The smallest absolute Gasteiger partial charge is 0.339 e. The molecule has 0 atom stereocenters. The molecule has 0 aliphatic carbocycles. The molecular formula is C14H11BrF2N2O4. The molecule has 0 unspecified atom stereocenters. The van der Waals surface area contributed by atoms with E-state index in [4.69, 9.17) is 5.11 Å². The van der Waals surface area contributed by atoms with Crippen molar-refractivity contribution >= 4 is 33.3 Å². The average Bonchev–Trinajstić information content (AvgIpc) is 2.48. The number of aliphatic hydroxyl groups is 1. The van der Waals surface area contributed by atoms with E-state index >= 15 is 0 Å². The van der Waals surface area contributed by atoms with E-state index in [1.807, 2.05) is 0 Å². The van der Waals surface area contributed by atoms with Gasteiger partial charge in [-0.3, -0.25) is 4.79 Å². The van der Waals surface area contributed by atoms with Gasteiger partial charge in [-0.15, -0.1) is 0 Å². The Morgan fingerprint density at radius 2 is 2.04 bits per heavy atom. The first kappa shape index (κ1) is 17.1. The summed E-state index contributed by atoms with van der Waals surface area (Å²) in [7, 11) is 0. The Morgan fingerprint density at radius 1 is 1.35 bits per heavy atom. The van der Waals surface area contributed by atoms with Crippen LogP contribution in [0.4, 0.5) is 20.2 Å². The van der Waals surface area contributed by atoms with Crippen molar-refractivity contribution in [2.24, 2.45) is 0 Å². The highest BCUT2D eigenvalue weighted by molar-refractivity contribution is 9.10. The fourth-order valence-electron chi connectivity index (χ4n) is 1.91. The second-order valence-electron chi connectivity index (χ2n) is 4.51. The highest BCUT2D eigenvalue weighted by Crippen LogP contribution is 2.26. The van der Waals surface area contributed by atoms with Crippen molar-refractivity contribution in [3.63, 3.8) is 0 Å². The minimum atomic E-state index is -1.50. The Morgan fingerprint density at radius 3 is 2.61 bits per heavy atom. The van der Waals surface area contributed by atoms with Crippen LogP contribution in [0.2, 0.25) is 0 Å². The Hall–Kier alpha value is -2.26. The van der Waals surface area contributed by atoms with Crippen LogP contribution < -0.4 is 10.9 Å². The number of anilines is 2. The monoisotopic (exact) mass is 388 g/mol. The Bertz CT molecular complexity index is 823. The van der Waals surface area contributed by atoms with Gasteiger partial charge in [-0.25, -0.2) is 9.18 Å². The van der Waals surface area contributed by atoms with Crippen LogP contribution in [0.5, 0.6) is 0 Å². The first-order valence-corrected chi connectivity index (χ1v) is 7.13. The lowest BCUT2D eigenvalue weighted by molar-refractivity contribution is 0.0696. The molecule has 0 fully saturated rings. The van der Waals surface area contributed by atoms with E-state index in [0.717, 1.165) is 16.8 Å². The number of pyridine rings is 1. The number of nitrogens with one attached hydrogen (secondary N) is 1. The summed E-state index contributed by atoms with van der Waals surface area (Å²) in [5.41, 5.74) is -2.51. The number of rotatable bonds is 5. The largest absolute Gasteiger partial charge is 0.478 e. The molecule has 0 radical (unpaired) electrons. The number of carboxylic acid groups (broad SMARTS) is 1. The predicted octanol–water partition coefficient (Wildman–Crippen LogP) is 2.32. The molecule has 0 amide bonds. The summed E-state index contributed by atoms with van der Waals surface area (Å²) in [5, 5.41) is 20.3. The molecular weight excluding hydrogens is 378 g/mol. The van der Waals surface area contributed by atoms with E-state index in [1.54, 1.807) is 0 Å². The molecule has 122 valence electrons. The van der Waals surface area contributed by atoms with Crippen LogP contribution in [0.25, 0.3) is 0 Å². The van der Waals surface area contributed by atoms with Crippen molar-refractivity contribution in [2.45, 2.75) is 6.54 Å². The van der Waals surface area contributed by atoms with Gasteiger partial charge in [-0.2, -0.15) is 4.39 Å². The second-order valence-corrected chi connectivity index (χ2v) is 5.42. The molecule has 0 saturated carbocycles. The van der Waals surface area contributed by atoms with Crippen molar-refractivity contribution in [3.05, 3.63) is 56.4 Å². The van der Waals surface area contributed by atoms with Crippen molar-refractivity contribution in [2.75, 3.05) is 11.9 Å². The van der Waals surface area contributed by atoms with Gasteiger partial charge in [0.05, 0.1) is 18.0 Å². The third kappa shape index (κ3) is 3.57. The number of aromatic carboxylic acids is 1. The van der Waals surface area contributed by atoms with Crippen molar-refractivity contribution < 1.29 is 23.8 Å². The molecule has 0 aliphatic heterocycles. The third-order valence-corrected chi connectivity index (χ3v) is 3.48. The number of hydrogen-bond acceptors (Lipinski definition) is 4. The van der Waals surface area contributed by atoms with E-state index in [9.17, 15) is 23.5 Å². The summed E-state index contributed by atoms with van der Waals surface area (Å²) < 4.78 is 29.2. The summed E-state index contributed by atoms with van der Waals surface area (Å²) >= 11 is 3.06. The fraction of sp³-hybridized carbons (Fsp3) is 0.143. The summed E-state index contributed by atoms with van der Waals surface area (Å²) in [4.78, 5) is 23.1. The van der Waals surface area contributed by atoms with E-state index in [2.05, 4.69) is 21.2 Å². The minimum absolute atomic E-state index is 0.186. The van der Waals surface area contributed by atoms with Gasteiger partial charge in [-0.1, -0.05) is 15.9 Å². The van der Waals surface area contributed by atoms with Crippen LogP contribution >= 0.6 is 15.9 Å². The van der Waals surface area contributed by atoms with Gasteiger partial charge in [0.25, 0.3) is 5.56 Å². The standard InChI is InChI=1S/C14H11BrF2N2O4/c15-7-1-2-10(9(16)5-7)18-12-8(14(22)23)6-19(3-4-20)13(21)11(12)17/h1-2,5-6,18,20H,3-4H2,(H,22,23). The van der Waals surface area contributed by atoms with Crippen LogP contribution in [0.15, 0.2) is 33.7 Å². The number of hydrogen-bond donors (Lipinski definition) is 3.